The molecule has 482 valence electrons. The molecule has 3 heterocycles. The molecule has 0 saturated carbocycles. The number of nitrogens with zero attached hydrogens (tertiary/aromatic N) is 4. The summed E-state index contributed by atoms with van der Waals surface area (Å²) >= 11 is 0. The van der Waals surface area contributed by atoms with Gasteiger partial charge in [0.2, 0.25) is 11.6 Å². The summed E-state index contributed by atoms with van der Waals surface area (Å²) in [4.78, 5) is 23.4. The predicted octanol–water partition coefficient (Wildman–Crippen LogP) is -1.88. The molecule has 0 bridgehead atoms. The summed E-state index contributed by atoms with van der Waals surface area (Å²) in [5.41, 5.74) is 3.33. The van der Waals surface area contributed by atoms with Gasteiger partial charge in [0.25, 0.3) is 10.0 Å². The van der Waals surface area contributed by atoms with Gasteiger partial charge >= 0.3 is 154 Å². The summed E-state index contributed by atoms with van der Waals surface area (Å²) < 4.78 is 188. The molecular weight excluding hydrogens is 1380 g/mol. The number of likely N-dealkylation sites (N-methyl/N-ethyl adjacent to an activating group) is 1. The van der Waals surface area contributed by atoms with Gasteiger partial charge in [-0.15, -0.1) is 0 Å². The van der Waals surface area contributed by atoms with Crippen LogP contribution in [0.15, 0.2) is 158 Å². The average molecular weight is 1450 g/mol. The van der Waals surface area contributed by atoms with Crippen molar-refractivity contribution in [1.29, 1.82) is 0 Å². The maximum Gasteiger partial charge on any atom is 1.00 e. The van der Waals surface area contributed by atoms with Gasteiger partial charge in [0.15, 0.2) is 5.71 Å². The molecule has 9 rings (SSSR count). The molecule has 0 atom stereocenters. The molecule has 3 aliphatic heterocycles. The van der Waals surface area contributed by atoms with Gasteiger partial charge in [0.05, 0.1) is 56.8 Å². The zero-order valence-corrected chi connectivity index (χ0v) is 66.7. The second-order valence-electron chi connectivity index (χ2n) is 22.9. The Balaban J connectivity index is 0.00000457. The molecule has 1 fully saturated rings. The largest absolute Gasteiger partial charge is 1.00 e. The molecule has 31 heteroatoms. The van der Waals surface area contributed by atoms with E-state index in [0.717, 1.165) is 23.3 Å². The molecule has 0 spiro atoms. The Labute approximate surface area is 671 Å². The zero-order chi connectivity index (χ0) is 65.4. The van der Waals surface area contributed by atoms with Gasteiger partial charge in [-0.25, -0.2) is 42.1 Å². The van der Waals surface area contributed by atoms with Crippen LogP contribution in [0.1, 0.15) is 71.4 Å². The maximum atomic E-state index is 13.5. The van der Waals surface area contributed by atoms with Crippen LogP contribution in [0.4, 0.5) is 11.4 Å². The number of ether oxygens (including phenoxy) is 2. The Morgan fingerprint density at radius 1 is 0.602 bits per heavy atom. The molecule has 1 N–H and O–H groups in total. The number of benzene rings is 6. The first-order valence-electron chi connectivity index (χ1n) is 28.8. The van der Waals surface area contributed by atoms with Crippen molar-refractivity contribution in [3.05, 3.63) is 144 Å². The van der Waals surface area contributed by atoms with E-state index in [2.05, 4.69) is 9.79 Å². The number of amides is 1. The van der Waals surface area contributed by atoms with Gasteiger partial charge in [-0.1, -0.05) is 67.3 Å². The third kappa shape index (κ3) is 18.4. The number of methoxy groups -OCH3 is 1. The Bertz CT molecular complexity index is 4520. The fourth-order valence-electron chi connectivity index (χ4n) is 12.2. The Morgan fingerprint density at radius 3 is 1.71 bits per heavy atom. The number of carbonyl (C=O) groups excluding carboxylic acids is 1. The Kier molecular flexibility index (Phi) is 28.1. The molecule has 93 heavy (non-hydrogen) atoms. The topological polar surface area (TPSA) is 332 Å². The normalized spacial score (nSPS) is 16.4. The average Bonchev–Trinajstić information content (AvgIpc) is 1.61. The van der Waals surface area contributed by atoms with E-state index in [1.807, 2.05) is 85.4 Å². The number of sulfonamides is 1. The molecule has 0 aliphatic carbocycles. The molecule has 1 amide bonds. The molecule has 6 aromatic rings. The van der Waals surface area contributed by atoms with Crippen molar-refractivity contribution in [1.82, 2.24) is 14.7 Å². The van der Waals surface area contributed by atoms with Crippen LogP contribution >= 0.6 is 0 Å². The minimum absolute atomic E-state index is 0. The number of unbranched alkanes of at least 4 members (excludes halogenated alkanes) is 2. The second-order valence-corrected chi connectivity index (χ2v) is 30.0. The van der Waals surface area contributed by atoms with Crippen molar-refractivity contribution in [3.63, 3.8) is 0 Å². The number of allylic oxidation sites excluding steroid dienone is 6. The SMILES string of the molecule is CCN1/C(=C/C=C/C=C/C2=[N+](CCCCCC(=O)N3CCN(CCOCCONS(=O)(=O)c4ccc(-c5ccc(OC)cc5)cc4)CC3)c3ccc4c(S(=O)(=O)[O-])cc(S(=O)(=O)[O-])cc4c3C2(C)C)C(C)(C)c2c1ccc1c(S(=O)(=O)[O-])cc(S(=O)(=O)[O-])cc21.[K+].[K+].[K+]. The first-order chi connectivity index (χ1) is 42.3. The number of hydrogen-bond acceptors (Lipinski definition) is 20. The summed E-state index contributed by atoms with van der Waals surface area (Å²) in [6.07, 6.45) is 11.0. The summed E-state index contributed by atoms with van der Waals surface area (Å²) in [6.45, 7) is 13.4. The van der Waals surface area contributed by atoms with Crippen molar-refractivity contribution < 1.29 is 238 Å². The minimum Gasteiger partial charge on any atom is -0.744 e. The first kappa shape index (κ1) is 80.1. The van der Waals surface area contributed by atoms with Crippen molar-refractivity contribution >= 4 is 95.0 Å². The zero-order valence-electron chi connectivity index (χ0n) is 53.2. The van der Waals surface area contributed by atoms with E-state index in [-0.39, 0.29) is 200 Å². The Hall–Kier alpha value is -1.86. The van der Waals surface area contributed by atoms with E-state index in [1.165, 1.54) is 24.3 Å². The van der Waals surface area contributed by atoms with Crippen LogP contribution in [-0.2, 0) is 75.7 Å². The van der Waals surface area contributed by atoms with Crippen molar-refractivity contribution in [2.45, 2.75) is 95.6 Å². The molecule has 0 unspecified atom stereocenters. The fourth-order valence-corrected chi connectivity index (χ4v) is 15.7. The van der Waals surface area contributed by atoms with Gasteiger partial charge in [0, 0.05) is 92.0 Å². The van der Waals surface area contributed by atoms with E-state index >= 15 is 0 Å². The van der Waals surface area contributed by atoms with Crippen LogP contribution in [0.5, 0.6) is 5.75 Å². The fraction of sp³-hybridized carbons (Fsp3) is 0.355. The maximum absolute atomic E-state index is 13.5. The standard InChI is InChI=1S/C62H71N5O18S5.3K/c1-7-66-52-27-25-48-50(38-46(87(71,72)73)40-54(48)89(77,78)79)59(52)61(2,3)56(66)14-10-8-11-15-57-62(4,5)60-51-39-47(88(74,75)76)41-55(90(80,81)82)49(51)26-28-53(60)67(57)29-13-9-12-16-58(68)65-32-30-64(31-33-65)34-35-84-36-37-85-63-86(69,70)45-23-19-43(20-24-45)42-17-21-44(83-6)22-18-42;;;/h8,10-11,14-15,17-28,38-41,63H,7,9,12-13,16,29-37H2,1-6H3,(H3-,71,72,73,74,75,76,77,78,79,80,81,82);;;/q;3*+1/p-3. The molecule has 0 radical (unpaired) electrons. The number of rotatable bonds is 25. The van der Waals surface area contributed by atoms with E-state index in [1.54, 1.807) is 49.6 Å². The summed E-state index contributed by atoms with van der Waals surface area (Å²) in [6, 6.07) is 23.3. The van der Waals surface area contributed by atoms with Crippen LogP contribution in [0.25, 0.3) is 32.7 Å². The first-order valence-corrected chi connectivity index (χ1v) is 35.9. The molecule has 6 aromatic carbocycles. The van der Waals surface area contributed by atoms with Crippen molar-refractivity contribution in [3.8, 4) is 16.9 Å². The Morgan fingerprint density at radius 2 is 1.16 bits per heavy atom. The number of fused-ring (bicyclic) bond motifs is 6. The molecule has 1 saturated heterocycles. The quantitative estimate of drug-likeness (QED) is 0.0164. The summed E-state index contributed by atoms with van der Waals surface area (Å²) in [5, 5.41) is 0.103. The predicted molar refractivity (Wildman–Crippen MR) is 332 cm³/mol. The van der Waals surface area contributed by atoms with Crippen LogP contribution in [0, 0.1) is 0 Å². The van der Waals surface area contributed by atoms with Gasteiger partial charge in [0.1, 0.15) is 52.8 Å². The smallest absolute Gasteiger partial charge is 0.744 e. The molecular formula is C62H68K3N5O18S5. The van der Waals surface area contributed by atoms with E-state index in [9.17, 15) is 65.1 Å². The van der Waals surface area contributed by atoms with Crippen LogP contribution < -0.4 is 169 Å². The number of carbonyl (C=O) groups is 1. The number of anilines is 1. The summed E-state index contributed by atoms with van der Waals surface area (Å²) in [5.74, 6) is 0.723. The van der Waals surface area contributed by atoms with Crippen molar-refractivity contribution in [2.24, 2.45) is 0 Å². The van der Waals surface area contributed by atoms with E-state index in [0.29, 0.717) is 130 Å². The monoisotopic (exact) mass is 1450 g/mol. The van der Waals surface area contributed by atoms with Crippen molar-refractivity contribution in [2.75, 3.05) is 77.6 Å². The second kappa shape index (κ2) is 32.6. The molecule has 23 nitrogen and oxygen atoms in total. The number of piperazine rings is 1. The van der Waals surface area contributed by atoms with Crippen LogP contribution in [0.2, 0.25) is 0 Å². The van der Waals surface area contributed by atoms with Gasteiger partial charge < -0.3 is 37.5 Å². The number of nitrogens with one attached hydrogen (secondary N) is 1. The van der Waals surface area contributed by atoms with E-state index < -0.39 is 80.9 Å². The third-order valence-electron chi connectivity index (χ3n) is 16.6. The van der Waals surface area contributed by atoms with Crippen LogP contribution in [-0.4, -0.2) is 159 Å². The van der Waals surface area contributed by atoms with Gasteiger partial charge in [-0.3, -0.25) is 14.5 Å². The van der Waals surface area contributed by atoms with Gasteiger partial charge in [-0.05, 0) is 133 Å². The minimum atomic E-state index is -5.28. The van der Waals surface area contributed by atoms with E-state index in [4.69, 9.17) is 14.3 Å². The third-order valence-corrected chi connectivity index (χ3v) is 21.2. The number of hydrogen-bond donors (Lipinski definition) is 1. The van der Waals surface area contributed by atoms with Gasteiger partial charge in [-0.2, -0.15) is 4.58 Å². The van der Waals surface area contributed by atoms with Crippen LogP contribution in [0.3, 0.4) is 0 Å². The summed E-state index contributed by atoms with van der Waals surface area (Å²) in [7, 11) is -23.3. The molecule has 3 aliphatic rings. The molecule has 0 aromatic heterocycles.